The second kappa shape index (κ2) is 5.43. The predicted molar refractivity (Wildman–Crippen MR) is 92.8 cm³/mol. The zero-order valence-corrected chi connectivity index (χ0v) is 12.4. The van der Waals surface area contributed by atoms with Gasteiger partial charge in [0.25, 0.3) is 0 Å². The maximum atomic E-state index is 12.9. The molecule has 1 aliphatic rings. The molecule has 0 bridgehead atoms. The number of piperazine rings is 1. The fourth-order valence-electron chi connectivity index (χ4n) is 3.27. The van der Waals surface area contributed by atoms with Crippen molar-refractivity contribution >= 4 is 27.2 Å². The van der Waals surface area contributed by atoms with Crippen molar-refractivity contribution in [2.45, 2.75) is 0 Å². The van der Waals surface area contributed by atoms with Gasteiger partial charge in [-0.25, -0.2) is 0 Å². The van der Waals surface area contributed by atoms with Gasteiger partial charge in [-0.1, -0.05) is 48.5 Å². The molecule has 3 nitrogen and oxygen atoms in total. The summed E-state index contributed by atoms with van der Waals surface area (Å²) in [5.41, 5.74) is 1.28. The minimum atomic E-state index is 0.118. The Morgan fingerprint density at radius 1 is 0.818 bits per heavy atom. The molecule has 3 aromatic carbocycles. The maximum Gasteiger partial charge on any atom is 0.194 e. The van der Waals surface area contributed by atoms with Crippen LogP contribution in [-0.2, 0) is 0 Å². The molecule has 110 valence electrons. The summed E-state index contributed by atoms with van der Waals surface area (Å²) >= 11 is 0. The van der Waals surface area contributed by atoms with E-state index in [1.165, 1.54) is 0 Å². The van der Waals surface area contributed by atoms with E-state index in [0.717, 1.165) is 53.4 Å². The van der Waals surface area contributed by atoms with Crippen molar-refractivity contribution in [2.75, 3.05) is 31.1 Å². The quantitative estimate of drug-likeness (QED) is 0.748. The topological polar surface area (TPSA) is 32.3 Å². The van der Waals surface area contributed by atoms with Gasteiger partial charge in [-0.2, -0.15) is 0 Å². The first-order valence-electron chi connectivity index (χ1n) is 7.75. The Kier molecular flexibility index (Phi) is 3.28. The number of anilines is 1. The Hall–Kier alpha value is -2.39. The molecule has 0 radical (unpaired) electrons. The van der Waals surface area contributed by atoms with Gasteiger partial charge in [-0.15, -0.1) is 0 Å². The van der Waals surface area contributed by atoms with Gasteiger partial charge in [0.05, 0.1) is 0 Å². The molecular weight excluding hydrogens is 272 g/mol. The molecule has 0 atom stereocenters. The first-order valence-corrected chi connectivity index (χ1v) is 7.75. The molecule has 1 saturated heterocycles. The number of hydrogen-bond donors (Lipinski definition) is 1. The van der Waals surface area contributed by atoms with Crippen LogP contribution in [0.5, 0.6) is 0 Å². The predicted octanol–water partition coefficient (Wildman–Crippen LogP) is 2.76. The highest BCUT2D eigenvalue weighted by Gasteiger charge is 2.14. The van der Waals surface area contributed by atoms with Crippen LogP contribution < -0.4 is 15.6 Å². The van der Waals surface area contributed by atoms with E-state index in [1.54, 1.807) is 0 Å². The molecule has 1 N–H and O–H groups in total. The third-order valence-corrected chi connectivity index (χ3v) is 4.40. The zero-order valence-electron chi connectivity index (χ0n) is 12.4. The first kappa shape index (κ1) is 13.3. The van der Waals surface area contributed by atoms with Crippen LogP contribution in [0.2, 0.25) is 0 Å². The third-order valence-electron chi connectivity index (χ3n) is 4.40. The monoisotopic (exact) mass is 290 g/mol. The summed E-state index contributed by atoms with van der Waals surface area (Å²) in [6.45, 7) is 3.90. The van der Waals surface area contributed by atoms with Crippen molar-refractivity contribution in [3.8, 4) is 0 Å². The summed E-state index contributed by atoms with van der Waals surface area (Å²) < 4.78 is 0. The second-order valence-corrected chi connectivity index (χ2v) is 5.73. The van der Waals surface area contributed by atoms with Crippen LogP contribution in [0.3, 0.4) is 0 Å². The Morgan fingerprint density at radius 3 is 2.23 bits per heavy atom. The molecule has 0 spiro atoms. The van der Waals surface area contributed by atoms with Crippen molar-refractivity contribution in [3.05, 3.63) is 64.8 Å². The van der Waals surface area contributed by atoms with Crippen molar-refractivity contribution in [1.82, 2.24) is 5.32 Å². The molecule has 3 heteroatoms. The smallest absolute Gasteiger partial charge is 0.194 e. The normalized spacial score (nSPS) is 15.4. The number of hydrogen-bond acceptors (Lipinski definition) is 3. The molecule has 0 amide bonds. The van der Waals surface area contributed by atoms with E-state index in [2.05, 4.69) is 22.3 Å². The van der Waals surface area contributed by atoms with Gasteiger partial charge in [-0.05, 0) is 11.5 Å². The number of nitrogens with one attached hydrogen (secondary N) is 1. The minimum absolute atomic E-state index is 0.118. The van der Waals surface area contributed by atoms with E-state index < -0.39 is 0 Å². The molecule has 1 fully saturated rings. The highest BCUT2D eigenvalue weighted by atomic mass is 16.1. The van der Waals surface area contributed by atoms with Gasteiger partial charge in [-0.3, -0.25) is 4.79 Å². The van der Waals surface area contributed by atoms with Crippen molar-refractivity contribution in [1.29, 1.82) is 0 Å². The van der Waals surface area contributed by atoms with Crippen molar-refractivity contribution in [3.63, 3.8) is 0 Å². The fraction of sp³-hybridized carbons (Fsp3) is 0.211. The maximum absolute atomic E-state index is 12.9. The lowest BCUT2D eigenvalue weighted by atomic mass is 10.1. The minimum Gasteiger partial charge on any atom is -0.368 e. The molecule has 0 aliphatic carbocycles. The summed E-state index contributed by atoms with van der Waals surface area (Å²) in [5.74, 6) is 0. The molecule has 1 heterocycles. The van der Waals surface area contributed by atoms with E-state index in [9.17, 15) is 4.79 Å². The summed E-state index contributed by atoms with van der Waals surface area (Å²) in [6, 6.07) is 18.0. The van der Waals surface area contributed by atoms with Gasteiger partial charge in [0, 0.05) is 48.0 Å². The van der Waals surface area contributed by atoms with Crippen LogP contribution in [0.4, 0.5) is 5.69 Å². The number of rotatable bonds is 1. The third kappa shape index (κ3) is 2.14. The van der Waals surface area contributed by atoms with Crippen LogP contribution in [-0.4, -0.2) is 26.2 Å². The Balaban J connectivity index is 2.13. The molecule has 3 aromatic rings. The highest BCUT2D eigenvalue weighted by Crippen LogP contribution is 2.27. The molecule has 0 saturated carbocycles. The summed E-state index contributed by atoms with van der Waals surface area (Å²) in [7, 11) is 0. The van der Waals surface area contributed by atoms with Crippen LogP contribution >= 0.6 is 0 Å². The van der Waals surface area contributed by atoms with Gasteiger partial charge >= 0.3 is 0 Å². The van der Waals surface area contributed by atoms with Crippen LogP contribution in [0.15, 0.2) is 59.4 Å². The van der Waals surface area contributed by atoms with Gasteiger partial charge in [0.1, 0.15) is 0 Å². The second-order valence-electron chi connectivity index (χ2n) is 5.73. The molecule has 22 heavy (non-hydrogen) atoms. The SMILES string of the molecule is O=c1c2ccccc2cc(N2CCNCC2)c2ccccc12. The largest absolute Gasteiger partial charge is 0.368 e. The number of benzene rings is 2. The Labute approximate surface area is 129 Å². The molecule has 0 aromatic heterocycles. The Bertz CT molecular complexity index is 898. The summed E-state index contributed by atoms with van der Waals surface area (Å²) in [4.78, 5) is 15.3. The lowest BCUT2D eigenvalue weighted by Gasteiger charge is -2.29. The van der Waals surface area contributed by atoms with E-state index in [0.29, 0.717) is 0 Å². The van der Waals surface area contributed by atoms with Gasteiger partial charge in [0.2, 0.25) is 0 Å². The number of nitrogens with zero attached hydrogens (tertiary/aromatic N) is 1. The summed E-state index contributed by atoms with van der Waals surface area (Å²) in [6.07, 6.45) is 0. The van der Waals surface area contributed by atoms with Crippen molar-refractivity contribution in [2.24, 2.45) is 0 Å². The van der Waals surface area contributed by atoms with Crippen LogP contribution in [0.25, 0.3) is 21.5 Å². The first-order chi connectivity index (χ1) is 10.8. The average Bonchev–Trinajstić information content (AvgIpc) is 2.72. The van der Waals surface area contributed by atoms with Crippen molar-refractivity contribution < 1.29 is 0 Å². The van der Waals surface area contributed by atoms with Crippen LogP contribution in [0, 0.1) is 0 Å². The van der Waals surface area contributed by atoms with E-state index >= 15 is 0 Å². The summed E-state index contributed by atoms with van der Waals surface area (Å²) in [5, 5.41) is 7.04. The van der Waals surface area contributed by atoms with E-state index in [1.807, 2.05) is 42.5 Å². The van der Waals surface area contributed by atoms with Gasteiger partial charge in [0.15, 0.2) is 5.43 Å². The van der Waals surface area contributed by atoms with E-state index in [-0.39, 0.29) is 5.43 Å². The lowest BCUT2D eigenvalue weighted by molar-refractivity contribution is 0.590. The standard InChI is InChI=1S/C19H18N2O/c22-19-15-6-2-1-5-14(15)13-18(21-11-9-20-10-12-21)16-7-3-4-8-17(16)19/h1-8,13,20H,9-12H2. The zero-order chi connectivity index (χ0) is 14.9. The molecule has 4 rings (SSSR count). The highest BCUT2D eigenvalue weighted by molar-refractivity contribution is 6.01. The molecule has 1 aliphatic heterocycles. The van der Waals surface area contributed by atoms with Crippen LogP contribution in [0.1, 0.15) is 0 Å². The molecule has 0 unspecified atom stereocenters. The number of fused-ring (bicyclic) bond motifs is 2. The molecular formula is C19H18N2O. The average molecular weight is 290 g/mol. The fourth-order valence-corrected chi connectivity index (χ4v) is 3.27. The van der Waals surface area contributed by atoms with E-state index in [4.69, 9.17) is 0 Å². The lowest BCUT2D eigenvalue weighted by Crippen LogP contribution is -2.43. The van der Waals surface area contributed by atoms with Gasteiger partial charge < -0.3 is 10.2 Å². The Morgan fingerprint density at radius 2 is 1.45 bits per heavy atom.